The minimum Gasteiger partial charge on any atom is -0.393 e. The fourth-order valence-corrected chi connectivity index (χ4v) is 2.28. The molecular weight excluding hydrogens is 286 g/mol. The first-order chi connectivity index (χ1) is 9.76. The van der Waals surface area contributed by atoms with Crippen molar-refractivity contribution in [2.75, 3.05) is 16.5 Å². The van der Waals surface area contributed by atoms with Crippen molar-refractivity contribution in [1.82, 2.24) is 20.4 Å². The summed E-state index contributed by atoms with van der Waals surface area (Å²) in [6, 6.07) is 0. The summed E-state index contributed by atoms with van der Waals surface area (Å²) >= 11 is 1.57. The zero-order valence-corrected chi connectivity index (χ0v) is 13.7. The number of aromatic nitrogens is 3. The van der Waals surface area contributed by atoms with Gasteiger partial charge in [0.1, 0.15) is 12.0 Å². The van der Waals surface area contributed by atoms with E-state index in [9.17, 15) is 0 Å². The summed E-state index contributed by atoms with van der Waals surface area (Å²) in [4.78, 5) is 13.9. The lowest BCUT2D eigenvalue weighted by Crippen LogP contribution is -2.40. The quantitative estimate of drug-likeness (QED) is 0.644. The number of nitrogens with zero attached hydrogens (tertiary/aromatic N) is 3. The van der Waals surface area contributed by atoms with Crippen molar-refractivity contribution in [3.8, 4) is 0 Å². The van der Waals surface area contributed by atoms with Gasteiger partial charge in [-0.05, 0) is 34.6 Å². The largest absolute Gasteiger partial charge is 0.393 e. The van der Waals surface area contributed by atoms with Crippen molar-refractivity contribution >= 4 is 33.8 Å². The first kappa shape index (κ1) is 15.5. The number of anilines is 4. The Morgan fingerprint density at radius 1 is 1.14 bits per heavy atom. The van der Waals surface area contributed by atoms with Gasteiger partial charge in [-0.2, -0.15) is 0 Å². The van der Waals surface area contributed by atoms with E-state index in [1.54, 1.807) is 11.3 Å². The van der Waals surface area contributed by atoms with E-state index in [-0.39, 0.29) is 5.54 Å². The summed E-state index contributed by atoms with van der Waals surface area (Å²) in [7, 11) is 0. The third-order valence-electron chi connectivity index (χ3n) is 2.69. The maximum absolute atomic E-state index is 6.09. The zero-order chi connectivity index (χ0) is 15.6. The molecule has 114 valence electrons. The van der Waals surface area contributed by atoms with Gasteiger partial charge in [0, 0.05) is 10.4 Å². The number of aryl methyl sites for hydroxylation is 2. The van der Waals surface area contributed by atoms with Gasteiger partial charge in [0.25, 0.3) is 0 Å². The van der Waals surface area contributed by atoms with Gasteiger partial charge in [0.15, 0.2) is 16.8 Å². The monoisotopic (exact) mass is 307 g/mol. The second kappa shape index (κ2) is 5.82. The van der Waals surface area contributed by atoms with Gasteiger partial charge >= 0.3 is 0 Å². The maximum atomic E-state index is 6.09. The molecule has 2 heterocycles. The summed E-state index contributed by atoms with van der Waals surface area (Å²) in [5.41, 5.74) is 13.6. The number of hydrazine groups is 1. The Balaban J connectivity index is 2.17. The minimum absolute atomic E-state index is 0.103. The molecule has 7 nitrogen and oxygen atoms in total. The molecule has 2 aromatic rings. The summed E-state index contributed by atoms with van der Waals surface area (Å²) in [6.07, 6.45) is 1.46. The average molecular weight is 307 g/mol. The Morgan fingerprint density at radius 2 is 1.81 bits per heavy atom. The average Bonchev–Trinajstić information content (AvgIpc) is 2.68. The smallest absolute Gasteiger partial charge is 0.188 e. The van der Waals surface area contributed by atoms with E-state index in [4.69, 9.17) is 5.73 Å². The van der Waals surface area contributed by atoms with Gasteiger partial charge in [0.2, 0.25) is 0 Å². The molecule has 0 aliphatic heterocycles. The lowest BCUT2D eigenvalue weighted by Gasteiger charge is -2.22. The highest BCUT2D eigenvalue weighted by molar-refractivity contribution is 7.15. The second-order valence-electron chi connectivity index (χ2n) is 5.77. The summed E-state index contributed by atoms with van der Waals surface area (Å²) in [5, 5.41) is 3.90. The van der Waals surface area contributed by atoms with Gasteiger partial charge in [-0.3, -0.25) is 0 Å². The molecule has 0 saturated carbocycles. The van der Waals surface area contributed by atoms with Gasteiger partial charge in [-0.15, -0.1) is 11.3 Å². The van der Waals surface area contributed by atoms with Crippen LogP contribution in [0.4, 0.5) is 22.5 Å². The molecule has 21 heavy (non-hydrogen) atoms. The molecule has 5 N–H and O–H groups in total. The van der Waals surface area contributed by atoms with Crippen molar-refractivity contribution in [3.05, 3.63) is 16.9 Å². The Bertz CT molecular complexity index is 610. The van der Waals surface area contributed by atoms with Crippen LogP contribution in [0.25, 0.3) is 0 Å². The minimum atomic E-state index is -0.103. The van der Waals surface area contributed by atoms with Crippen molar-refractivity contribution in [2.24, 2.45) is 0 Å². The van der Waals surface area contributed by atoms with Gasteiger partial charge in [-0.1, -0.05) is 0 Å². The molecular formula is C13H21N7S. The van der Waals surface area contributed by atoms with Gasteiger partial charge in [-0.25, -0.2) is 20.4 Å². The first-order valence-electron chi connectivity index (χ1n) is 6.61. The molecule has 0 amide bonds. The Labute approximate surface area is 128 Å². The molecule has 0 fully saturated rings. The molecule has 0 saturated heterocycles. The molecule has 2 aromatic heterocycles. The number of nitrogens with one attached hydrogen (secondary N) is 3. The van der Waals surface area contributed by atoms with E-state index in [1.165, 1.54) is 6.33 Å². The van der Waals surface area contributed by atoms with Crippen LogP contribution in [-0.4, -0.2) is 20.5 Å². The number of rotatable bonds is 4. The number of nitrogens with two attached hydrogens (primary N) is 1. The molecule has 0 aliphatic rings. The fraction of sp³-hybridized carbons (Fsp3) is 0.462. The maximum Gasteiger partial charge on any atom is 0.188 e. The first-order valence-corrected chi connectivity index (χ1v) is 7.42. The van der Waals surface area contributed by atoms with Crippen LogP contribution < -0.4 is 21.9 Å². The summed E-state index contributed by atoms with van der Waals surface area (Å²) in [6.45, 7) is 10.1. The van der Waals surface area contributed by atoms with Crippen LogP contribution in [0, 0.1) is 13.8 Å². The van der Waals surface area contributed by atoms with E-state index in [2.05, 4.69) is 31.1 Å². The predicted molar refractivity (Wildman–Crippen MR) is 87.8 cm³/mol. The van der Waals surface area contributed by atoms with Crippen LogP contribution in [0.3, 0.4) is 0 Å². The summed E-state index contributed by atoms with van der Waals surface area (Å²) < 4.78 is 0. The van der Waals surface area contributed by atoms with Crippen LogP contribution in [0.5, 0.6) is 0 Å². The Kier molecular flexibility index (Phi) is 4.29. The number of thiazole rings is 1. The van der Waals surface area contributed by atoms with Crippen molar-refractivity contribution in [3.63, 3.8) is 0 Å². The van der Waals surface area contributed by atoms with Crippen LogP contribution in [0.2, 0.25) is 0 Å². The third-order valence-corrected chi connectivity index (χ3v) is 3.68. The van der Waals surface area contributed by atoms with Crippen LogP contribution in [-0.2, 0) is 0 Å². The lowest BCUT2D eigenvalue weighted by molar-refractivity contribution is 0.464. The van der Waals surface area contributed by atoms with E-state index in [1.807, 2.05) is 34.6 Å². The van der Waals surface area contributed by atoms with Gasteiger partial charge in [0.05, 0.1) is 5.69 Å². The van der Waals surface area contributed by atoms with Crippen molar-refractivity contribution < 1.29 is 0 Å². The highest BCUT2D eigenvalue weighted by atomic mass is 32.1. The molecule has 2 rings (SSSR count). The van der Waals surface area contributed by atoms with E-state index < -0.39 is 0 Å². The normalized spacial score (nSPS) is 11.5. The molecule has 8 heteroatoms. The number of nitrogen functional groups attached to an aromatic ring is 1. The van der Waals surface area contributed by atoms with Crippen LogP contribution in [0.1, 0.15) is 31.3 Å². The molecule has 0 bridgehead atoms. The Hall–Kier alpha value is -1.93. The molecule has 0 atom stereocenters. The zero-order valence-electron chi connectivity index (χ0n) is 12.9. The third kappa shape index (κ3) is 4.02. The fourth-order valence-electron chi connectivity index (χ4n) is 1.47. The Morgan fingerprint density at radius 3 is 2.38 bits per heavy atom. The van der Waals surface area contributed by atoms with Crippen LogP contribution in [0.15, 0.2) is 6.33 Å². The summed E-state index contributed by atoms with van der Waals surface area (Å²) in [5.74, 6) is 1.07. The topological polar surface area (TPSA) is 101 Å². The molecule has 0 spiro atoms. The van der Waals surface area contributed by atoms with E-state index >= 15 is 0 Å². The lowest BCUT2D eigenvalue weighted by atomic mass is 10.1. The van der Waals surface area contributed by atoms with E-state index in [0.29, 0.717) is 17.3 Å². The highest BCUT2D eigenvalue weighted by Crippen LogP contribution is 2.28. The molecule has 0 aromatic carbocycles. The van der Waals surface area contributed by atoms with Gasteiger partial charge < -0.3 is 16.5 Å². The predicted octanol–water partition coefficient (Wildman–Crippen LogP) is 2.59. The van der Waals surface area contributed by atoms with Crippen molar-refractivity contribution in [2.45, 2.75) is 40.2 Å². The molecule has 0 radical (unpaired) electrons. The standard InChI is InChI=1S/C13H21N7S/c1-7-8(2)21-12(17-7)18-10-9(14)11(16-6-15-10)19-20-13(3,4)5/h6,20H,14H2,1-5H3,(H2,15,16,17,18,19). The number of hydrogen-bond donors (Lipinski definition) is 4. The molecule has 0 aliphatic carbocycles. The SMILES string of the molecule is Cc1nc(Nc2ncnc(NNC(C)(C)C)c2N)sc1C. The second-order valence-corrected chi connectivity index (χ2v) is 6.97. The van der Waals surface area contributed by atoms with Crippen molar-refractivity contribution in [1.29, 1.82) is 0 Å². The number of hydrogen-bond acceptors (Lipinski definition) is 8. The van der Waals surface area contributed by atoms with Crippen LogP contribution >= 0.6 is 11.3 Å². The van der Waals surface area contributed by atoms with E-state index in [0.717, 1.165) is 15.7 Å². The highest BCUT2D eigenvalue weighted by Gasteiger charge is 2.13. The molecule has 0 unspecified atom stereocenters.